The maximum Gasteiger partial charge on any atom is 0.0457 e. The summed E-state index contributed by atoms with van der Waals surface area (Å²) in [5.74, 6) is 0.687. The molecular weight excluding hydrogens is 210 g/mol. The Balaban J connectivity index is 1.83. The van der Waals surface area contributed by atoms with E-state index >= 15 is 0 Å². The third kappa shape index (κ3) is 2.24. The summed E-state index contributed by atoms with van der Waals surface area (Å²) < 4.78 is 0. The fourth-order valence-electron chi connectivity index (χ4n) is 2.48. The molecule has 0 bridgehead atoms. The maximum atomic E-state index is 4.05. The summed E-state index contributed by atoms with van der Waals surface area (Å²) >= 11 is 0. The van der Waals surface area contributed by atoms with Gasteiger partial charge in [-0.15, -0.1) is 0 Å². The number of rotatable bonds is 2. The van der Waals surface area contributed by atoms with Gasteiger partial charge in [-0.1, -0.05) is 0 Å². The Kier molecular flexibility index (Phi) is 2.92. The van der Waals surface area contributed by atoms with Gasteiger partial charge in [-0.05, 0) is 50.2 Å². The van der Waals surface area contributed by atoms with E-state index in [9.17, 15) is 0 Å². The van der Waals surface area contributed by atoms with Gasteiger partial charge in [-0.2, -0.15) is 0 Å². The van der Waals surface area contributed by atoms with E-state index < -0.39 is 0 Å². The van der Waals surface area contributed by atoms with Crippen molar-refractivity contribution >= 4 is 0 Å². The van der Waals surface area contributed by atoms with Crippen LogP contribution in [-0.4, -0.2) is 23.1 Å². The van der Waals surface area contributed by atoms with E-state index in [4.69, 9.17) is 0 Å². The van der Waals surface area contributed by atoms with Gasteiger partial charge >= 0.3 is 0 Å². The lowest BCUT2D eigenvalue weighted by atomic mass is 9.95. The number of aromatic amines is 1. The summed E-state index contributed by atoms with van der Waals surface area (Å²) in [7, 11) is 0. The lowest BCUT2D eigenvalue weighted by molar-refractivity contribution is 0.454. The molecule has 2 aromatic rings. The summed E-state index contributed by atoms with van der Waals surface area (Å²) in [6.07, 6.45) is 6.13. The zero-order chi connectivity index (χ0) is 11.5. The van der Waals surface area contributed by atoms with E-state index in [1.807, 2.05) is 24.5 Å². The van der Waals surface area contributed by atoms with Crippen LogP contribution in [0.25, 0.3) is 11.3 Å². The first-order valence-electron chi connectivity index (χ1n) is 6.23. The summed E-state index contributed by atoms with van der Waals surface area (Å²) in [6, 6.07) is 8.48. The minimum absolute atomic E-state index is 0.687. The van der Waals surface area contributed by atoms with E-state index in [1.165, 1.54) is 29.8 Å². The standard InChI is InChI=1S/C14H17N3/c1-2-14(12-5-9-16-10-6-12)17-13(1)11-3-7-15-8-4-11/h1-4,7-8,12,16-17H,5-6,9-10H2. The molecule has 0 amide bonds. The molecule has 0 atom stereocenters. The average molecular weight is 227 g/mol. The largest absolute Gasteiger partial charge is 0.358 e. The summed E-state index contributed by atoms with van der Waals surface area (Å²) in [4.78, 5) is 7.59. The van der Waals surface area contributed by atoms with E-state index in [-0.39, 0.29) is 0 Å². The number of pyridine rings is 1. The van der Waals surface area contributed by atoms with Crippen LogP contribution in [0.3, 0.4) is 0 Å². The normalized spacial score (nSPS) is 17.2. The SMILES string of the molecule is c1cc(-c2ccc(C3CCNCC3)[nH]2)ccn1. The molecule has 1 aliphatic rings. The van der Waals surface area contributed by atoms with E-state index in [0.29, 0.717) is 5.92 Å². The molecule has 0 saturated carbocycles. The van der Waals surface area contributed by atoms with Crippen molar-refractivity contribution in [3.63, 3.8) is 0 Å². The Morgan fingerprint density at radius 3 is 2.53 bits per heavy atom. The Bertz CT molecular complexity index is 469. The quantitative estimate of drug-likeness (QED) is 0.827. The van der Waals surface area contributed by atoms with Gasteiger partial charge < -0.3 is 10.3 Å². The van der Waals surface area contributed by atoms with Crippen LogP contribution in [0.15, 0.2) is 36.7 Å². The molecule has 0 aliphatic carbocycles. The molecule has 3 heterocycles. The van der Waals surface area contributed by atoms with Crippen LogP contribution >= 0.6 is 0 Å². The number of piperidine rings is 1. The van der Waals surface area contributed by atoms with Gasteiger partial charge in [0.25, 0.3) is 0 Å². The molecular formula is C14H17N3. The monoisotopic (exact) mass is 227 g/mol. The lowest BCUT2D eigenvalue weighted by Gasteiger charge is -2.21. The van der Waals surface area contributed by atoms with Crippen LogP contribution in [0, 0.1) is 0 Å². The van der Waals surface area contributed by atoms with Gasteiger partial charge in [0.15, 0.2) is 0 Å². The predicted molar refractivity (Wildman–Crippen MR) is 68.9 cm³/mol. The van der Waals surface area contributed by atoms with Crippen molar-refractivity contribution < 1.29 is 0 Å². The zero-order valence-electron chi connectivity index (χ0n) is 9.82. The Labute approximate surface area is 101 Å². The number of hydrogen-bond acceptors (Lipinski definition) is 2. The van der Waals surface area contributed by atoms with Gasteiger partial charge in [-0.25, -0.2) is 0 Å². The second kappa shape index (κ2) is 4.72. The molecule has 1 fully saturated rings. The summed E-state index contributed by atoms with van der Waals surface area (Å²) in [5.41, 5.74) is 3.78. The molecule has 3 heteroatoms. The fraction of sp³-hybridized carbons (Fsp3) is 0.357. The van der Waals surface area contributed by atoms with Crippen molar-refractivity contribution in [3.05, 3.63) is 42.4 Å². The molecule has 0 unspecified atom stereocenters. The van der Waals surface area contributed by atoms with Gasteiger partial charge in [0.2, 0.25) is 0 Å². The molecule has 2 aromatic heterocycles. The maximum absolute atomic E-state index is 4.05. The predicted octanol–water partition coefficient (Wildman–Crippen LogP) is 2.54. The summed E-state index contributed by atoms with van der Waals surface area (Å²) in [6.45, 7) is 2.27. The first-order chi connectivity index (χ1) is 8.43. The lowest BCUT2D eigenvalue weighted by Crippen LogP contribution is -2.26. The van der Waals surface area contributed by atoms with Crippen molar-refractivity contribution in [2.75, 3.05) is 13.1 Å². The number of nitrogens with zero attached hydrogens (tertiary/aromatic N) is 1. The first kappa shape index (κ1) is 10.5. The molecule has 0 aromatic carbocycles. The van der Waals surface area contributed by atoms with Gasteiger partial charge in [-0.3, -0.25) is 4.98 Å². The number of aromatic nitrogens is 2. The van der Waals surface area contributed by atoms with Gasteiger partial charge in [0, 0.05) is 35.3 Å². The van der Waals surface area contributed by atoms with Crippen LogP contribution < -0.4 is 5.32 Å². The van der Waals surface area contributed by atoms with Crippen molar-refractivity contribution in [3.8, 4) is 11.3 Å². The number of H-pyrrole nitrogens is 1. The highest BCUT2D eigenvalue weighted by atomic mass is 14.9. The highest BCUT2D eigenvalue weighted by Gasteiger charge is 2.16. The van der Waals surface area contributed by atoms with Crippen molar-refractivity contribution in [2.45, 2.75) is 18.8 Å². The Morgan fingerprint density at radius 2 is 1.76 bits per heavy atom. The van der Waals surface area contributed by atoms with Crippen LogP contribution in [0.2, 0.25) is 0 Å². The van der Waals surface area contributed by atoms with Crippen LogP contribution in [0.5, 0.6) is 0 Å². The van der Waals surface area contributed by atoms with Gasteiger partial charge in [0.1, 0.15) is 0 Å². The molecule has 88 valence electrons. The van der Waals surface area contributed by atoms with Crippen molar-refractivity contribution in [1.82, 2.24) is 15.3 Å². The second-order valence-electron chi connectivity index (χ2n) is 4.59. The molecule has 0 radical (unpaired) electrons. The highest BCUT2D eigenvalue weighted by Crippen LogP contribution is 2.27. The Morgan fingerprint density at radius 1 is 1.00 bits per heavy atom. The van der Waals surface area contributed by atoms with Gasteiger partial charge in [0.05, 0.1) is 0 Å². The molecule has 1 aliphatic heterocycles. The molecule has 17 heavy (non-hydrogen) atoms. The van der Waals surface area contributed by atoms with E-state index in [1.54, 1.807) is 0 Å². The van der Waals surface area contributed by atoms with E-state index in [0.717, 1.165) is 13.1 Å². The first-order valence-corrected chi connectivity index (χ1v) is 6.23. The molecule has 3 nitrogen and oxygen atoms in total. The molecule has 3 rings (SSSR count). The number of hydrogen-bond donors (Lipinski definition) is 2. The third-order valence-electron chi connectivity index (χ3n) is 3.48. The van der Waals surface area contributed by atoms with Crippen LogP contribution in [-0.2, 0) is 0 Å². The summed E-state index contributed by atoms with van der Waals surface area (Å²) in [5, 5.41) is 3.40. The highest BCUT2D eigenvalue weighted by molar-refractivity contribution is 5.59. The van der Waals surface area contributed by atoms with Crippen LogP contribution in [0.1, 0.15) is 24.5 Å². The fourth-order valence-corrected chi connectivity index (χ4v) is 2.48. The number of nitrogens with one attached hydrogen (secondary N) is 2. The van der Waals surface area contributed by atoms with Crippen molar-refractivity contribution in [2.24, 2.45) is 0 Å². The zero-order valence-corrected chi connectivity index (χ0v) is 9.82. The van der Waals surface area contributed by atoms with Crippen molar-refractivity contribution in [1.29, 1.82) is 0 Å². The average Bonchev–Trinajstić information content (AvgIpc) is 2.90. The smallest absolute Gasteiger partial charge is 0.0457 e. The Hall–Kier alpha value is -1.61. The topological polar surface area (TPSA) is 40.7 Å². The third-order valence-corrected chi connectivity index (χ3v) is 3.48. The molecule has 0 spiro atoms. The minimum Gasteiger partial charge on any atom is -0.358 e. The second-order valence-corrected chi connectivity index (χ2v) is 4.59. The minimum atomic E-state index is 0.687. The molecule has 2 N–H and O–H groups in total. The van der Waals surface area contributed by atoms with E-state index in [2.05, 4.69) is 27.4 Å². The molecule has 1 saturated heterocycles. The van der Waals surface area contributed by atoms with Crippen LogP contribution in [0.4, 0.5) is 0 Å².